The molecule has 0 radical (unpaired) electrons. The fourth-order valence-electron chi connectivity index (χ4n) is 3.82. The number of hydrogen-bond donors (Lipinski definition) is 1. The van der Waals surface area contributed by atoms with Crippen molar-refractivity contribution in [2.24, 2.45) is 11.0 Å². The van der Waals surface area contributed by atoms with Crippen LogP contribution >= 0.6 is 0 Å². The Balaban J connectivity index is 1.54. The zero-order chi connectivity index (χ0) is 16.4. The van der Waals surface area contributed by atoms with E-state index in [0.717, 1.165) is 19.4 Å². The number of carbonyl (C=O) groups excluding carboxylic acids is 3. The molecule has 1 unspecified atom stereocenters. The van der Waals surface area contributed by atoms with Gasteiger partial charge in [-0.1, -0.05) is 12.8 Å². The molecule has 1 N–H and O–H groups in total. The summed E-state index contributed by atoms with van der Waals surface area (Å²) in [6, 6.07) is 0.409. The highest BCUT2D eigenvalue weighted by Gasteiger charge is 2.36. The minimum absolute atomic E-state index is 0.155. The van der Waals surface area contributed by atoms with Crippen molar-refractivity contribution < 1.29 is 14.4 Å². The van der Waals surface area contributed by atoms with Gasteiger partial charge >= 0.3 is 0 Å². The van der Waals surface area contributed by atoms with Gasteiger partial charge in [0.1, 0.15) is 5.71 Å². The minimum Gasteiger partial charge on any atom is -0.340 e. The third-order valence-corrected chi connectivity index (χ3v) is 5.03. The minimum atomic E-state index is -0.156. The van der Waals surface area contributed by atoms with Gasteiger partial charge in [0.05, 0.1) is 0 Å². The lowest BCUT2D eigenvalue weighted by Gasteiger charge is -2.26. The Labute approximate surface area is 136 Å². The van der Waals surface area contributed by atoms with Crippen molar-refractivity contribution in [2.45, 2.75) is 51.0 Å². The van der Waals surface area contributed by atoms with Crippen LogP contribution in [0, 0.1) is 5.92 Å². The van der Waals surface area contributed by atoms with Crippen LogP contribution in [-0.2, 0) is 14.4 Å². The van der Waals surface area contributed by atoms with Crippen LogP contribution in [0.15, 0.2) is 5.10 Å². The molecule has 3 amide bonds. The lowest BCUT2D eigenvalue weighted by atomic mass is 10.1. The van der Waals surface area contributed by atoms with Gasteiger partial charge in [-0.15, -0.1) is 0 Å². The molecule has 1 atom stereocenters. The summed E-state index contributed by atoms with van der Waals surface area (Å²) in [5.74, 6) is 0.107. The summed E-state index contributed by atoms with van der Waals surface area (Å²) in [5, 5.41) is 3.85. The molecule has 0 spiro atoms. The van der Waals surface area contributed by atoms with Gasteiger partial charge in [-0.25, -0.2) is 5.43 Å². The molecular weight excluding hydrogens is 296 g/mol. The van der Waals surface area contributed by atoms with E-state index in [1.165, 1.54) is 12.8 Å². The van der Waals surface area contributed by atoms with Crippen molar-refractivity contribution in [1.29, 1.82) is 0 Å². The first-order valence-corrected chi connectivity index (χ1v) is 8.45. The maximum absolute atomic E-state index is 12.4. The molecule has 0 aromatic heterocycles. The zero-order valence-electron chi connectivity index (χ0n) is 13.6. The smallest absolute Gasteiger partial charge is 0.269 e. The number of hydrazone groups is 1. The second-order valence-electron chi connectivity index (χ2n) is 6.83. The standard InChI is InChI=1S/C16H24N4O3/c1-19(16(23)13-6-7-14(21)18-17-13)9-11-8-15(22)20(10-11)12-4-2-3-5-12/h11-12H,2-10H2,1H3,(H,18,21). The Morgan fingerprint density at radius 2 is 2.04 bits per heavy atom. The molecule has 3 aliphatic rings. The molecule has 23 heavy (non-hydrogen) atoms. The molecule has 1 saturated carbocycles. The Hall–Kier alpha value is -1.92. The molecule has 0 aromatic carbocycles. The molecular formula is C16H24N4O3. The second-order valence-corrected chi connectivity index (χ2v) is 6.83. The molecule has 2 aliphatic heterocycles. The van der Waals surface area contributed by atoms with Crippen molar-refractivity contribution in [3.63, 3.8) is 0 Å². The van der Waals surface area contributed by atoms with Gasteiger partial charge in [-0.2, -0.15) is 5.10 Å². The van der Waals surface area contributed by atoms with Gasteiger partial charge in [0, 0.05) is 51.4 Å². The average Bonchev–Trinajstić information content (AvgIpc) is 3.16. The van der Waals surface area contributed by atoms with E-state index in [0.29, 0.717) is 37.6 Å². The number of nitrogens with zero attached hydrogens (tertiary/aromatic N) is 3. The lowest BCUT2D eigenvalue weighted by Crippen LogP contribution is -2.41. The van der Waals surface area contributed by atoms with Gasteiger partial charge in [0.15, 0.2) is 0 Å². The second kappa shape index (κ2) is 6.68. The predicted molar refractivity (Wildman–Crippen MR) is 84.5 cm³/mol. The third-order valence-electron chi connectivity index (χ3n) is 5.03. The first-order valence-electron chi connectivity index (χ1n) is 8.45. The SMILES string of the molecule is CN(CC1CC(=O)N(C2CCCC2)C1)C(=O)C1=NNC(=O)CC1. The van der Waals surface area contributed by atoms with Crippen LogP contribution in [0.2, 0.25) is 0 Å². The highest BCUT2D eigenvalue weighted by atomic mass is 16.2. The monoisotopic (exact) mass is 320 g/mol. The highest BCUT2D eigenvalue weighted by molar-refractivity contribution is 6.39. The van der Waals surface area contributed by atoms with Crippen LogP contribution in [0.25, 0.3) is 0 Å². The predicted octanol–water partition coefficient (Wildman–Crippen LogP) is 0.502. The summed E-state index contributed by atoms with van der Waals surface area (Å²) in [6.45, 7) is 1.31. The summed E-state index contributed by atoms with van der Waals surface area (Å²) in [6.07, 6.45) is 5.86. The molecule has 7 nitrogen and oxygen atoms in total. The van der Waals surface area contributed by atoms with Crippen LogP contribution in [0.1, 0.15) is 44.9 Å². The van der Waals surface area contributed by atoms with E-state index in [-0.39, 0.29) is 23.6 Å². The van der Waals surface area contributed by atoms with Crippen molar-refractivity contribution in [3.8, 4) is 0 Å². The molecule has 0 aromatic rings. The number of hydrogen-bond acceptors (Lipinski definition) is 4. The number of rotatable bonds is 4. The van der Waals surface area contributed by atoms with Gasteiger partial charge in [-0.05, 0) is 12.8 Å². The van der Waals surface area contributed by atoms with E-state index in [4.69, 9.17) is 0 Å². The third kappa shape index (κ3) is 3.54. The van der Waals surface area contributed by atoms with Crippen molar-refractivity contribution >= 4 is 23.4 Å². The number of nitrogens with one attached hydrogen (secondary N) is 1. The molecule has 7 heteroatoms. The fraction of sp³-hybridized carbons (Fsp3) is 0.750. The van der Waals surface area contributed by atoms with Crippen molar-refractivity contribution in [2.75, 3.05) is 20.1 Å². The summed E-state index contributed by atoms with van der Waals surface area (Å²) < 4.78 is 0. The van der Waals surface area contributed by atoms with Gasteiger partial charge in [0.25, 0.3) is 5.91 Å². The summed E-state index contributed by atoms with van der Waals surface area (Å²) in [4.78, 5) is 39.3. The van der Waals surface area contributed by atoms with E-state index >= 15 is 0 Å². The molecule has 2 heterocycles. The lowest BCUT2D eigenvalue weighted by molar-refractivity contribution is -0.129. The fourth-order valence-corrected chi connectivity index (χ4v) is 3.82. The summed E-state index contributed by atoms with van der Waals surface area (Å²) >= 11 is 0. The molecule has 1 aliphatic carbocycles. The number of amides is 3. The van der Waals surface area contributed by atoms with Crippen LogP contribution in [-0.4, -0.2) is 59.4 Å². The first-order chi connectivity index (χ1) is 11.0. The Morgan fingerprint density at radius 3 is 2.70 bits per heavy atom. The quantitative estimate of drug-likeness (QED) is 0.819. The summed E-state index contributed by atoms with van der Waals surface area (Å²) in [7, 11) is 1.74. The zero-order valence-corrected chi connectivity index (χ0v) is 13.6. The molecule has 126 valence electrons. The Bertz CT molecular complexity index is 539. The van der Waals surface area contributed by atoms with E-state index < -0.39 is 0 Å². The van der Waals surface area contributed by atoms with Crippen LogP contribution < -0.4 is 5.43 Å². The van der Waals surface area contributed by atoms with Gasteiger partial charge in [-0.3, -0.25) is 14.4 Å². The van der Waals surface area contributed by atoms with E-state index in [9.17, 15) is 14.4 Å². The topological polar surface area (TPSA) is 82.1 Å². The van der Waals surface area contributed by atoms with Crippen LogP contribution in [0.5, 0.6) is 0 Å². The first kappa shape index (κ1) is 16.0. The van der Waals surface area contributed by atoms with Crippen LogP contribution in [0.3, 0.4) is 0 Å². The van der Waals surface area contributed by atoms with Gasteiger partial charge < -0.3 is 9.80 Å². The normalized spacial score (nSPS) is 25.5. The molecule has 0 bridgehead atoms. The summed E-state index contributed by atoms with van der Waals surface area (Å²) in [5.41, 5.74) is 2.74. The highest BCUT2D eigenvalue weighted by Crippen LogP contribution is 2.29. The Morgan fingerprint density at radius 1 is 1.30 bits per heavy atom. The van der Waals surface area contributed by atoms with Crippen molar-refractivity contribution in [3.05, 3.63) is 0 Å². The maximum Gasteiger partial charge on any atom is 0.269 e. The molecule has 3 rings (SSSR count). The van der Waals surface area contributed by atoms with Crippen LogP contribution in [0.4, 0.5) is 0 Å². The van der Waals surface area contributed by atoms with E-state index in [2.05, 4.69) is 10.5 Å². The molecule has 2 fully saturated rings. The van der Waals surface area contributed by atoms with Gasteiger partial charge in [0.2, 0.25) is 11.8 Å². The van der Waals surface area contributed by atoms with E-state index in [1.807, 2.05) is 4.90 Å². The average molecular weight is 320 g/mol. The maximum atomic E-state index is 12.4. The molecule has 1 saturated heterocycles. The Kier molecular flexibility index (Phi) is 4.63. The van der Waals surface area contributed by atoms with E-state index in [1.54, 1.807) is 11.9 Å². The largest absolute Gasteiger partial charge is 0.340 e. The number of carbonyl (C=O) groups is 3. The van der Waals surface area contributed by atoms with Crippen molar-refractivity contribution in [1.82, 2.24) is 15.2 Å². The number of likely N-dealkylation sites (tertiary alicyclic amines) is 1.